The van der Waals surface area contributed by atoms with Crippen LogP contribution in [0.1, 0.15) is 10.8 Å². The first-order valence-corrected chi connectivity index (χ1v) is 8.91. The van der Waals surface area contributed by atoms with Crippen molar-refractivity contribution in [3.05, 3.63) is 57.6 Å². The molecule has 0 atom stereocenters. The van der Waals surface area contributed by atoms with E-state index in [2.05, 4.69) is 15.5 Å². The molecule has 0 bridgehead atoms. The van der Waals surface area contributed by atoms with E-state index in [1.807, 2.05) is 36.4 Å². The molecule has 8 heteroatoms. The molecule has 2 aromatic heterocycles. The molecular formula is C15H12ClN3O2S2. The zero-order valence-corrected chi connectivity index (χ0v) is 14.2. The lowest BCUT2D eigenvalue weighted by Gasteiger charge is -1.98. The number of anilines is 1. The fourth-order valence-electron chi connectivity index (χ4n) is 1.79. The summed E-state index contributed by atoms with van der Waals surface area (Å²) in [7, 11) is 0. The maximum absolute atomic E-state index is 11.9. The van der Waals surface area contributed by atoms with E-state index < -0.39 is 0 Å². The Hall–Kier alpha value is -1.83. The number of benzene rings is 1. The van der Waals surface area contributed by atoms with Gasteiger partial charge in [-0.05, 0) is 24.3 Å². The Kier molecular flexibility index (Phi) is 5.32. The molecule has 3 rings (SSSR count). The van der Waals surface area contributed by atoms with Crippen LogP contribution in [0, 0.1) is 0 Å². The third kappa shape index (κ3) is 4.82. The quantitative estimate of drug-likeness (QED) is 0.661. The van der Waals surface area contributed by atoms with E-state index in [9.17, 15) is 4.79 Å². The summed E-state index contributed by atoms with van der Waals surface area (Å²) in [6.07, 6.45) is 0.230. The van der Waals surface area contributed by atoms with Crippen LogP contribution in [0.4, 0.5) is 6.01 Å². The van der Waals surface area contributed by atoms with Gasteiger partial charge in [0.1, 0.15) is 0 Å². The molecule has 0 spiro atoms. The molecule has 0 aliphatic rings. The predicted octanol–water partition coefficient (Wildman–Crippen LogP) is 4.26. The third-order valence-electron chi connectivity index (χ3n) is 2.78. The second-order valence-electron chi connectivity index (χ2n) is 4.53. The monoisotopic (exact) mass is 365 g/mol. The van der Waals surface area contributed by atoms with Gasteiger partial charge in [-0.25, -0.2) is 0 Å². The highest BCUT2D eigenvalue weighted by atomic mass is 35.5. The minimum absolute atomic E-state index is 0.112. The number of rotatable bonds is 6. The number of carbonyl (C=O) groups is 1. The Bertz CT molecular complexity index is 789. The van der Waals surface area contributed by atoms with Crippen LogP contribution in [0.25, 0.3) is 0 Å². The lowest BCUT2D eigenvalue weighted by Crippen LogP contribution is -2.13. The van der Waals surface area contributed by atoms with Crippen molar-refractivity contribution in [2.75, 3.05) is 5.32 Å². The van der Waals surface area contributed by atoms with Crippen LogP contribution in [0.15, 0.2) is 51.8 Å². The second kappa shape index (κ2) is 7.63. The van der Waals surface area contributed by atoms with E-state index >= 15 is 0 Å². The molecule has 0 unspecified atom stereocenters. The normalized spacial score (nSPS) is 10.7. The van der Waals surface area contributed by atoms with Crippen LogP contribution in [0.3, 0.4) is 0 Å². The van der Waals surface area contributed by atoms with Gasteiger partial charge in [0.25, 0.3) is 0 Å². The van der Waals surface area contributed by atoms with Crippen molar-refractivity contribution in [3.63, 3.8) is 0 Å². The Morgan fingerprint density at radius 1 is 1.22 bits per heavy atom. The lowest BCUT2D eigenvalue weighted by molar-refractivity contribution is -0.115. The number of hydrogen-bond acceptors (Lipinski definition) is 6. The maximum Gasteiger partial charge on any atom is 0.322 e. The van der Waals surface area contributed by atoms with Gasteiger partial charge in [-0.2, -0.15) is 0 Å². The van der Waals surface area contributed by atoms with Gasteiger partial charge in [0.2, 0.25) is 11.8 Å². The molecule has 3 aromatic rings. The van der Waals surface area contributed by atoms with E-state index in [4.69, 9.17) is 16.0 Å². The van der Waals surface area contributed by atoms with Crippen molar-refractivity contribution < 1.29 is 9.21 Å². The highest BCUT2D eigenvalue weighted by molar-refractivity contribution is 7.98. The Labute approximate surface area is 146 Å². The topological polar surface area (TPSA) is 68.0 Å². The summed E-state index contributed by atoms with van der Waals surface area (Å²) in [5, 5.41) is 10.3. The molecular weight excluding hydrogens is 354 g/mol. The number of nitrogens with one attached hydrogen (secondary N) is 1. The molecule has 0 aliphatic carbocycles. The van der Waals surface area contributed by atoms with E-state index in [-0.39, 0.29) is 18.3 Å². The third-order valence-corrected chi connectivity index (χ3v) is 5.01. The molecule has 0 saturated heterocycles. The van der Waals surface area contributed by atoms with Crippen molar-refractivity contribution in [3.8, 4) is 0 Å². The van der Waals surface area contributed by atoms with Gasteiger partial charge in [0, 0.05) is 9.77 Å². The summed E-state index contributed by atoms with van der Waals surface area (Å²) in [5.41, 5.74) is 0. The zero-order chi connectivity index (χ0) is 16.1. The SMILES string of the molecule is O=C(Cc1ccc(Cl)s1)Nc1nnc(CSc2ccccc2)o1. The van der Waals surface area contributed by atoms with Crippen molar-refractivity contribution in [1.29, 1.82) is 0 Å². The zero-order valence-electron chi connectivity index (χ0n) is 11.9. The van der Waals surface area contributed by atoms with Gasteiger partial charge in [0.05, 0.1) is 16.5 Å². The van der Waals surface area contributed by atoms with Crippen LogP contribution in [-0.4, -0.2) is 16.1 Å². The molecule has 0 aliphatic heterocycles. The predicted molar refractivity (Wildman–Crippen MR) is 92.0 cm³/mol. The Morgan fingerprint density at radius 3 is 2.78 bits per heavy atom. The van der Waals surface area contributed by atoms with Crippen LogP contribution in [0.5, 0.6) is 0 Å². The fourth-order valence-corrected chi connectivity index (χ4v) is 3.64. The Balaban J connectivity index is 1.51. The average molecular weight is 366 g/mol. The van der Waals surface area contributed by atoms with Crippen LogP contribution >= 0.6 is 34.7 Å². The minimum Gasteiger partial charge on any atom is -0.407 e. The van der Waals surface area contributed by atoms with E-state index in [1.165, 1.54) is 11.3 Å². The molecule has 0 saturated carbocycles. The van der Waals surface area contributed by atoms with Crippen LogP contribution in [0.2, 0.25) is 4.34 Å². The average Bonchev–Trinajstić information content (AvgIpc) is 3.15. The van der Waals surface area contributed by atoms with Gasteiger partial charge in [-0.3, -0.25) is 10.1 Å². The first-order chi connectivity index (χ1) is 11.2. The molecule has 1 amide bonds. The minimum atomic E-state index is -0.213. The first-order valence-electron chi connectivity index (χ1n) is 6.73. The molecule has 118 valence electrons. The number of thiophene rings is 1. The summed E-state index contributed by atoms with van der Waals surface area (Å²) in [5.74, 6) is 0.802. The number of halogens is 1. The lowest BCUT2D eigenvalue weighted by atomic mass is 10.3. The summed E-state index contributed by atoms with van der Waals surface area (Å²) in [6.45, 7) is 0. The first kappa shape index (κ1) is 16.0. The van der Waals surface area contributed by atoms with Crippen LogP contribution < -0.4 is 5.32 Å². The standard InChI is InChI=1S/C15H12ClN3O2S2/c16-12-7-6-11(23-12)8-13(20)17-15-19-18-14(21-15)9-22-10-4-2-1-3-5-10/h1-7H,8-9H2,(H,17,19,20). The van der Waals surface area contributed by atoms with Gasteiger partial charge in [0.15, 0.2) is 0 Å². The number of nitrogens with zero attached hydrogens (tertiary/aromatic N) is 2. The second-order valence-corrected chi connectivity index (χ2v) is 7.38. The van der Waals surface area contributed by atoms with Crippen molar-refractivity contribution in [2.45, 2.75) is 17.1 Å². The highest BCUT2D eigenvalue weighted by Crippen LogP contribution is 2.23. The van der Waals surface area contributed by atoms with Gasteiger partial charge in [-0.1, -0.05) is 34.9 Å². The van der Waals surface area contributed by atoms with Crippen LogP contribution in [-0.2, 0) is 17.0 Å². The molecule has 1 N–H and O–H groups in total. The van der Waals surface area contributed by atoms with Crippen molar-refractivity contribution in [1.82, 2.24) is 10.2 Å². The van der Waals surface area contributed by atoms with E-state index in [0.717, 1.165) is 9.77 Å². The number of thioether (sulfide) groups is 1. The highest BCUT2D eigenvalue weighted by Gasteiger charge is 2.11. The molecule has 2 heterocycles. The van der Waals surface area contributed by atoms with Crippen molar-refractivity contribution in [2.24, 2.45) is 0 Å². The van der Waals surface area contributed by atoms with Crippen molar-refractivity contribution >= 4 is 46.6 Å². The summed E-state index contributed by atoms with van der Waals surface area (Å²) < 4.78 is 6.08. The summed E-state index contributed by atoms with van der Waals surface area (Å²) >= 11 is 8.80. The van der Waals surface area contributed by atoms with E-state index in [0.29, 0.717) is 16.0 Å². The number of hydrogen-bond donors (Lipinski definition) is 1. The Morgan fingerprint density at radius 2 is 2.04 bits per heavy atom. The van der Waals surface area contributed by atoms with E-state index in [1.54, 1.807) is 17.8 Å². The maximum atomic E-state index is 11.9. The largest absolute Gasteiger partial charge is 0.407 e. The van der Waals surface area contributed by atoms with Gasteiger partial charge >= 0.3 is 6.01 Å². The molecule has 0 radical (unpaired) electrons. The molecule has 5 nitrogen and oxygen atoms in total. The number of aromatic nitrogens is 2. The number of carbonyl (C=O) groups excluding carboxylic acids is 1. The summed E-state index contributed by atoms with van der Waals surface area (Å²) in [6, 6.07) is 13.6. The molecule has 23 heavy (non-hydrogen) atoms. The molecule has 1 aromatic carbocycles. The number of amides is 1. The fraction of sp³-hybridized carbons (Fsp3) is 0.133. The summed E-state index contributed by atoms with van der Waals surface area (Å²) in [4.78, 5) is 13.9. The smallest absolute Gasteiger partial charge is 0.322 e. The molecule has 0 fully saturated rings. The van der Waals surface area contributed by atoms with Gasteiger partial charge < -0.3 is 4.42 Å². The van der Waals surface area contributed by atoms with Gasteiger partial charge in [-0.15, -0.1) is 28.2 Å².